The minimum absolute atomic E-state index is 0.128. The number of halogens is 1. The molecule has 0 unspecified atom stereocenters. The largest absolute Gasteiger partial charge is 0.349 e. The SMILES string of the molecule is O=C(Cc1ccc2ccccc2c1)Nc1ccc(C(=O)NC2CC2)c(Cl)c1. The zero-order chi connectivity index (χ0) is 18.8. The maximum Gasteiger partial charge on any atom is 0.253 e. The number of anilines is 1. The second-order valence-corrected chi connectivity index (χ2v) is 7.26. The number of hydrogen-bond donors (Lipinski definition) is 2. The van der Waals surface area contributed by atoms with Crippen LogP contribution in [0.3, 0.4) is 0 Å². The number of hydrogen-bond acceptors (Lipinski definition) is 2. The summed E-state index contributed by atoms with van der Waals surface area (Å²) >= 11 is 6.22. The van der Waals surface area contributed by atoms with Crippen LogP contribution in [0.5, 0.6) is 0 Å². The highest BCUT2D eigenvalue weighted by atomic mass is 35.5. The van der Waals surface area contributed by atoms with Crippen LogP contribution in [0.25, 0.3) is 10.8 Å². The fourth-order valence-corrected chi connectivity index (χ4v) is 3.27. The number of amides is 2. The molecule has 1 aliphatic carbocycles. The highest BCUT2D eigenvalue weighted by Crippen LogP contribution is 2.24. The van der Waals surface area contributed by atoms with Crippen LogP contribution in [0.2, 0.25) is 5.02 Å². The van der Waals surface area contributed by atoms with Crippen LogP contribution in [0, 0.1) is 0 Å². The molecular formula is C22H19ClN2O2. The van der Waals surface area contributed by atoms with Gasteiger partial charge in [0.2, 0.25) is 5.91 Å². The molecule has 1 saturated carbocycles. The van der Waals surface area contributed by atoms with E-state index in [0.29, 0.717) is 16.3 Å². The number of rotatable bonds is 5. The lowest BCUT2D eigenvalue weighted by atomic mass is 10.0. The molecule has 3 aromatic carbocycles. The first-order chi connectivity index (χ1) is 13.1. The Balaban J connectivity index is 1.42. The molecule has 0 radical (unpaired) electrons. The van der Waals surface area contributed by atoms with Crippen molar-refractivity contribution in [1.82, 2.24) is 5.32 Å². The van der Waals surface area contributed by atoms with Gasteiger partial charge in [0.05, 0.1) is 17.0 Å². The molecule has 1 fully saturated rings. The third kappa shape index (κ3) is 4.29. The highest BCUT2D eigenvalue weighted by Gasteiger charge is 2.24. The monoisotopic (exact) mass is 378 g/mol. The van der Waals surface area contributed by atoms with E-state index in [1.807, 2.05) is 42.5 Å². The lowest BCUT2D eigenvalue weighted by molar-refractivity contribution is -0.115. The molecule has 0 saturated heterocycles. The number of fused-ring (bicyclic) bond motifs is 1. The van der Waals surface area contributed by atoms with Gasteiger partial charge in [-0.2, -0.15) is 0 Å². The van der Waals surface area contributed by atoms with E-state index in [2.05, 4.69) is 10.6 Å². The van der Waals surface area contributed by atoms with Crippen LogP contribution in [-0.2, 0) is 11.2 Å². The highest BCUT2D eigenvalue weighted by molar-refractivity contribution is 6.34. The van der Waals surface area contributed by atoms with Crippen molar-refractivity contribution in [3.05, 3.63) is 76.8 Å². The Labute approximate surface area is 162 Å². The van der Waals surface area contributed by atoms with Gasteiger partial charge in [0.1, 0.15) is 0 Å². The van der Waals surface area contributed by atoms with Gasteiger partial charge in [-0.3, -0.25) is 9.59 Å². The van der Waals surface area contributed by atoms with Gasteiger partial charge in [-0.05, 0) is 47.4 Å². The molecule has 0 bridgehead atoms. The predicted octanol–water partition coefficient (Wildman–Crippen LogP) is 4.57. The second-order valence-electron chi connectivity index (χ2n) is 6.85. The quantitative estimate of drug-likeness (QED) is 0.683. The van der Waals surface area contributed by atoms with Gasteiger partial charge in [0.15, 0.2) is 0 Å². The first-order valence-electron chi connectivity index (χ1n) is 8.96. The van der Waals surface area contributed by atoms with Gasteiger partial charge in [-0.1, -0.05) is 54.1 Å². The predicted molar refractivity (Wildman–Crippen MR) is 108 cm³/mol. The summed E-state index contributed by atoms with van der Waals surface area (Å²) in [4.78, 5) is 24.5. The average molecular weight is 379 g/mol. The molecule has 0 heterocycles. The van der Waals surface area contributed by atoms with E-state index < -0.39 is 0 Å². The van der Waals surface area contributed by atoms with Gasteiger partial charge >= 0.3 is 0 Å². The Kier molecular flexibility index (Phi) is 4.82. The molecule has 0 aliphatic heterocycles. The van der Waals surface area contributed by atoms with Crippen LogP contribution < -0.4 is 10.6 Å². The van der Waals surface area contributed by atoms with E-state index >= 15 is 0 Å². The van der Waals surface area contributed by atoms with E-state index in [4.69, 9.17) is 11.6 Å². The molecule has 0 spiro atoms. The third-order valence-corrected chi connectivity index (χ3v) is 4.90. The molecule has 4 rings (SSSR count). The fourth-order valence-electron chi connectivity index (χ4n) is 3.01. The smallest absolute Gasteiger partial charge is 0.253 e. The summed E-state index contributed by atoms with van der Waals surface area (Å²) in [6.07, 6.45) is 2.31. The normalized spacial score (nSPS) is 13.4. The van der Waals surface area contributed by atoms with E-state index in [0.717, 1.165) is 29.2 Å². The Morgan fingerprint density at radius 1 is 0.963 bits per heavy atom. The lowest BCUT2D eigenvalue weighted by Gasteiger charge is -2.09. The van der Waals surface area contributed by atoms with E-state index in [9.17, 15) is 9.59 Å². The van der Waals surface area contributed by atoms with Crippen LogP contribution in [0.1, 0.15) is 28.8 Å². The van der Waals surface area contributed by atoms with Gasteiger partial charge < -0.3 is 10.6 Å². The molecule has 2 amide bonds. The second kappa shape index (κ2) is 7.41. The van der Waals surface area contributed by atoms with Crippen molar-refractivity contribution in [2.24, 2.45) is 0 Å². The fraction of sp³-hybridized carbons (Fsp3) is 0.182. The van der Waals surface area contributed by atoms with Crippen LogP contribution >= 0.6 is 11.6 Å². The molecule has 0 aromatic heterocycles. The van der Waals surface area contributed by atoms with E-state index in [1.54, 1.807) is 18.2 Å². The molecule has 1 aliphatic rings. The molecule has 2 N–H and O–H groups in total. The summed E-state index contributed by atoms with van der Waals surface area (Å²) in [7, 11) is 0. The first-order valence-corrected chi connectivity index (χ1v) is 9.34. The summed E-state index contributed by atoms with van der Waals surface area (Å²) in [6.45, 7) is 0. The van der Waals surface area contributed by atoms with Gasteiger partial charge in [-0.15, -0.1) is 0 Å². The van der Waals surface area contributed by atoms with Crippen LogP contribution in [-0.4, -0.2) is 17.9 Å². The van der Waals surface area contributed by atoms with Crippen LogP contribution in [0.15, 0.2) is 60.7 Å². The first kappa shape index (κ1) is 17.6. The maximum atomic E-state index is 12.4. The lowest BCUT2D eigenvalue weighted by Crippen LogP contribution is -2.25. The summed E-state index contributed by atoms with van der Waals surface area (Å²) in [5.41, 5.74) is 1.95. The average Bonchev–Trinajstić information content (AvgIpc) is 3.45. The van der Waals surface area contributed by atoms with Crippen molar-refractivity contribution < 1.29 is 9.59 Å². The molecule has 27 heavy (non-hydrogen) atoms. The van der Waals surface area contributed by atoms with Gasteiger partial charge in [0.25, 0.3) is 5.91 Å². The molecule has 0 atom stereocenters. The number of carbonyl (C=O) groups is 2. The number of benzene rings is 3. The number of nitrogens with one attached hydrogen (secondary N) is 2. The standard InChI is InChI=1S/C22H19ClN2O2/c23-20-13-18(9-10-19(20)22(27)25-17-7-8-17)24-21(26)12-14-5-6-15-3-1-2-4-16(15)11-14/h1-6,9-11,13,17H,7-8,12H2,(H,24,26)(H,25,27). The Morgan fingerprint density at radius 2 is 1.74 bits per heavy atom. The minimum atomic E-state index is -0.170. The van der Waals surface area contributed by atoms with Gasteiger partial charge in [0, 0.05) is 11.7 Å². The van der Waals surface area contributed by atoms with Gasteiger partial charge in [-0.25, -0.2) is 0 Å². The van der Waals surface area contributed by atoms with Crippen molar-refractivity contribution in [2.75, 3.05) is 5.32 Å². The molecule has 4 nitrogen and oxygen atoms in total. The van der Waals surface area contributed by atoms with Crippen molar-refractivity contribution in [3.8, 4) is 0 Å². The van der Waals surface area contributed by atoms with E-state index in [1.165, 1.54) is 0 Å². The third-order valence-electron chi connectivity index (χ3n) is 4.59. The summed E-state index contributed by atoms with van der Waals surface area (Å²) in [5.74, 6) is -0.298. The Hall–Kier alpha value is -2.85. The summed E-state index contributed by atoms with van der Waals surface area (Å²) < 4.78 is 0. The maximum absolute atomic E-state index is 12.4. The van der Waals surface area contributed by atoms with Crippen molar-refractivity contribution >= 4 is 39.9 Å². The molecule has 5 heteroatoms. The molecule has 3 aromatic rings. The van der Waals surface area contributed by atoms with Crippen molar-refractivity contribution in [2.45, 2.75) is 25.3 Å². The summed E-state index contributed by atoms with van der Waals surface area (Å²) in [6, 6.07) is 19.3. The zero-order valence-corrected chi connectivity index (χ0v) is 15.4. The number of carbonyl (C=O) groups excluding carboxylic acids is 2. The molecular weight excluding hydrogens is 360 g/mol. The van der Waals surface area contributed by atoms with Crippen molar-refractivity contribution in [1.29, 1.82) is 0 Å². The Morgan fingerprint density at radius 3 is 2.48 bits per heavy atom. The van der Waals surface area contributed by atoms with Crippen LogP contribution in [0.4, 0.5) is 5.69 Å². The van der Waals surface area contributed by atoms with Crippen molar-refractivity contribution in [3.63, 3.8) is 0 Å². The topological polar surface area (TPSA) is 58.2 Å². The minimum Gasteiger partial charge on any atom is -0.349 e. The van der Waals surface area contributed by atoms with E-state index in [-0.39, 0.29) is 24.3 Å². The summed E-state index contributed by atoms with van der Waals surface area (Å²) in [5, 5.41) is 8.34. The zero-order valence-electron chi connectivity index (χ0n) is 14.7. The Bertz CT molecular complexity index is 1030. The molecule has 136 valence electrons.